The summed E-state index contributed by atoms with van der Waals surface area (Å²) in [7, 11) is -0.797. The quantitative estimate of drug-likeness (QED) is 0.781. The number of nitrogen functional groups attached to an aromatic ring is 1. The standard InChI is InChI=1S/C14H22N2O4S/c1-9(10-5-4-6-10)16-21(17,18)14-7-11(15)12(19-2)8-13(14)20-3/h7-10,16H,4-6,15H2,1-3H3. The minimum absolute atomic E-state index is 0.0365. The monoisotopic (exact) mass is 314 g/mol. The van der Waals surface area contributed by atoms with Gasteiger partial charge in [0, 0.05) is 12.1 Å². The average Bonchev–Trinajstić information content (AvgIpc) is 2.35. The van der Waals surface area contributed by atoms with Gasteiger partial charge in [0.05, 0.1) is 19.9 Å². The Balaban J connectivity index is 2.32. The molecule has 1 aromatic carbocycles. The summed E-state index contributed by atoms with van der Waals surface area (Å²) in [5.74, 6) is 1.01. The highest BCUT2D eigenvalue weighted by Crippen LogP contribution is 2.35. The molecule has 0 aromatic heterocycles. The lowest BCUT2D eigenvalue weighted by atomic mass is 9.81. The van der Waals surface area contributed by atoms with Gasteiger partial charge in [-0.1, -0.05) is 6.42 Å². The Hall–Kier alpha value is -1.47. The highest BCUT2D eigenvalue weighted by molar-refractivity contribution is 7.89. The summed E-state index contributed by atoms with van der Waals surface area (Å²) in [5.41, 5.74) is 6.07. The first kappa shape index (κ1) is 15.9. The molecule has 0 bridgehead atoms. The first-order chi connectivity index (χ1) is 9.89. The molecule has 0 amide bonds. The van der Waals surface area contributed by atoms with Crippen molar-refractivity contribution in [3.8, 4) is 11.5 Å². The number of methoxy groups -OCH3 is 2. The number of benzene rings is 1. The number of ether oxygens (including phenoxy) is 2. The zero-order valence-corrected chi connectivity index (χ0v) is 13.4. The van der Waals surface area contributed by atoms with Crippen LogP contribution in [0.3, 0.4) is 0 Å². The third-order valence-corrected chi connectivity index (χ3v) is 5.58. The van der Waals surface area contributed by atoms with Crippen LogP contribution in [0.5, 0.6) is 11.5 Å². The first-order valence-corrected chi connectivity index (χ1v) is 8.41. The molecule has 0 heterocycles. The number of sulfonamides is 1. The molecular formula is C14H22N2O4S. The van der Waals surface area contributed by atoms with Gasteiger partial charge in [-0.3, -0.25) is 0 Å². The van der Waals surface area contributed by atoms with Gasteiger partial charge in [0.15, 0.2) is 0 Å². The van der Waals surface area contributed by atoms with Crippen LogP contribution < -0.4 is 19.9 Å². The van der Waals surface area contributed by atoms with Crippen molar-refractivity contribution >= 4 is 15.7 Å². The summed E-state index contributed by atoms with van der Waals surface area (Å²) in [6.45, 7) is 1.89. The summed E-state index contributed by atoms with van der Waals surface area (Å²) in [4.78, 5) is 0.0365. The maximum Gasteiger partial charge on any atom is 0.244 e. The van der Waals surface area contributed by atoms with Crippen LogP contribution in [0.1, 0.15) is 26.2 Å². The Bertz CT molecular complexity index is 612. The van der Waals surface area contributed by atoms with Crippen molar-refractivity contribution < 1.29 is 17.9 Å². The molecule has 0 spiro atoms. The lowest BCUT2D eigenvalue weighted by Crippen LogP contribution is -2.40. The van der Waals surface area contributed by atoms with E-state index in [-0.39, 0.29) is 22.4 Å². The normalized spacial score (nSPS) is 17.1. The highest BCUT2D eigenvalue weighted by atomic mass is 32.2. The molecule has 1 fully saturated rings. The molecule has 3 N–H and O–H groups in total. The van der Waals surface area contributed by atoms with Crippen molar-refractivity contribution in [1.82, 2.24) is 4.72 Å². The fourth-order valence-corrected chi connectivity index (χ4v) is 3.95. The number of hydrogen-bond donors (Lipinski definition) is 2. The number of anilines is 1. The molecule has 21 heavy (non-hydrogen) atoms. The van der Waals surface area contributed by atoms with Crippen molar-refractivity contribution in [1.29, 1.82) is 0 Å². The Morgan fingerprint density at radius 3 is 2.33 bits per heavy atom. The minimum atomic E-state index is -3.68. The van der Waals surface area contributed by atoms with E-state index in [1.807, 2.05) is 6.92 Å². The summed E-state index contributed by atoms with van der Waals surface area (Å²) in [6.07, 6.45) is 3.28. The molecule has 1 unspecified atom stereocenters. The zero-order chi connectivity index (χ0) is 15.6. The molecule has 6 nitrogen and oxygen atoms in total. The third-order valence-electron chi connectivity index (χ3n) is 4.00. The maximum absolute atomic E-state index is 12.5. The Kier molecular flexibility index (Phi) is 4.63. The second-order valence-corrected chi connectivity index (χ2v) is 7.03. The van der Waals surface area contributed by atoms with E-state index in [1.165, 1.54) is 26.4 Å². The van der Waals surface area contributed by atoms with E-state index in [0.717, 1.165) is 19.3 Å². The smallest absolute Gasteiger partial charge is 0.244 e. The molecule has 0 radical (unpaired) electrons. The zero-order valence-electron chi connectivity index (χ0n) is 12.5. The molecule has 7 heteroatoms. The molecule has 1 aliphatic carbocycles. The lowest BCUT2D eigenvalue weighted by molar-refractivity contribution is 0.260. The van der Waals surface area contributed by atoms with Gasteiger partial charge in [0.25, 0.3) is 0 Å². The van der Waals surface area contributed by atoms with E-state index in [2.05, 4.69) is 4.72 Å². The van der Waals surface area contributed by atoms with E-state index in [9.17, 15) is 8.42 Å². The summed E-state index contributed by atoms with van der Waals surface area (Å²) >= 11 is 0. The Morgan fingerprint density at radius 2 is 1.86 bits per heavy atom. The van der Waals surface area contributed by atoms with E-state index in [1.54, 1.807) is 0 Å². The van der Waals surface area contributed by atoms with Crippen LogP contribution in [-0.2, 0) is 10.0 Å². The maximum atomic E-state index is 12.5. The summed E-state index contributed by atoms with van der Waals surface area (Å²) in [6, 6.07) is 2.75. The van der Waals surface area contributed by atoms with Gasteiger partial charge in [-0.25, -0.2) is 13.1 Å². The van der Waals surface area contributed by atoms with E-state index in [0.29, 0.717) is 11.7 Å². The summed E-state index contributed by atoms with van der Waals surface area (Å²) < 4.78 is 38.0. The lowest BCUT2D eigenvalue weighted by Gasteiger charge is -2.31. The van der Waals surface area contributed by atoms with Crippen LogP contribution in [-0.4, -0.2) is 28.7 Å². The van der Waals surface area contributed by atoms with Crippen LogP contribution in [0.2, 0.25) is 0 Å². The fourth-order valence-electron chi connectivity index (χ4n) is 2.45. The number of hydrogen-bond acceptors (Lipinski definition) is 5. The molecular weight excluding hydrogens is 292 g/mol. The van der Waals surface area contributed by atoms with Crippen molar-refractivity contribution in [3.63, 3.8) is 0 Å². The van der Waals surface area contributed by atoms with E-state index in [4.69, 9.17) is 15.2 Å². The van der Waals surface area contributed by atoms with Gasteiger partial charge in [0.1, 0.15) is 16.4 Å². The van der Waals surface area contributed by atoms with Gasteiger partial charge < -0.3 is 15.2 Å². The number of nitrogens with one attached hydrogen (secondary N) is 1. The predicted molar refractivity (Wildman–Crippen MR) is 81.1 cm³/mol. The van der Waals surface area contributed by atoms with Crippen molar-refractivity contribution in [2.45, 2.75) is 37.1 Å². The summed E-state index contributed by atoms with van der Waals surface area (Å²) in [5, 5.41) is 0. The molecule has 0 aliphatic heterocycles. The van der Waals surface area contributed by atoms with Crippen LogP contribution in [0.25, 0.3) is 0 Å². The Labute approximate surface area is 125 Å². The molecule has 1 aromatic rings. The Morgan fingerprint density at radius 1 is 1.24 bits per heavy atom. The first-order valence-electron chi connectivity index (χ1n) is 6.93. The molecule has 2 rings (SSSR count). The van der Waals surface area contributed by atoms with Gasteiger partial charge >= 0.3 is 0 Å². The molecule has 1 atom stereocenters. The third kappa shape index (κ3) is 3.24. The van der Waals surface area contributed by atoms with E-state index >= 15 is 0 Å². The van der Waals surface area contributed by atoms with Crippen LogP contribution >= 0.6 is 0 Å². The van der Waals surface area contributed by atoms with Crippen molar-refractivity contribution in [2.75, 3.05) is 20.0 Å². The van der Waals surface area contributed by atoms with Gasteiger partial charge in [0.2, 0.25) is 10.0 Å². The van der Waals surface area contributed by atoms with Crippen molar-refractivity contribution in [2.24, 2.45) is 5.92 Å². The van der Waals surface area contributed by atoms with Crippen LogP contribution in [0.4, 0.5) is 5.69 Å². The minimum Gasteiger partial charge on any atom is -0.495 e. The van der Waals surface area contributed by atoms with Crippen LogP contribution in [0, 0.1) is 5.92 Å². The van der Waals surface area contributed by atoms with Gasteiger partial charge in [-0.2, -0.15) is 0 Å². The second-order valence-electron chi connectivity index (χ2n) is 5.35. The largest absolute Gasteiger partial charge is 0.495 e. The van der Waals surface area contributed by atoms with Crippen molar-refractivity contribution in [3.05, 3.63) is 12.1 Å². The molecule has 1 aliphatic rings. The second kappa shape index (κ2) is 6.11. The van der Waals surface area contributed by atoms with E-state index < -0.39 is 10.0 Å². The fraction of sp³-hybridized carbons (Fsp3) is 0.571. The topological polar surface area (TPSA) is 90.6 Å². The SMILES string of the molecule is COc1cc(OC)c(S(=O)(=O)NC(C)C2CCC2)cc1N. The molecule has 118 valence electrons. The van der Waals surface area contributed by atoms with Gasteiger partial charge in [-0.15, -0.1) is 0 Å². The molecule has 1 saturated carbocycles. The number of rotatable bonds is 6. The highest BCUT2D eigenvalue weighted by Gasteiger charge is 2.29. The van der Waals surface area contributed by atoms with Gasteiger partial charge in [-0.05, 0) is 31.7 Å². The van der Waals surface area contributed by atoms with Crippen LogP contribution in [0.15, 0.2) is 17.0 Å². The predicted octanol–water partition coefficient (Wildman–Crippen LogP) is 1.75. The average molecular weight is 314 g/mol. The molecule has 0 saturated heterocycles. The number of nitrogens with two attached hydrogens (primary N) is 1.